The van der Waals surface area contributed by atoms with Crippen LogP contribution in [0.5, 0.6) is 0 Å². The lowest BCUT2D eigenvalue weighted by atomic mass is 10.0. The van der Waals surface area contributed by atoms with Crippen molar-refractivity contribution in [3.8, 4) is 0 Å². The van der Waals surface area contributed by atoms with E-state index in [0.29, 0.717) is 5.75 Å². The SMILES string of the molecule is CSCC[C@H](NC(=O)[C@H](N)Cc1c[nH]c2ccccc12)C(=O)N[C@@H](CC(=O)O)C(=O)N[C@@H](Cc1cccc(I)c1)C(N)=O. The lowest BCUT2D eigenvalue weighted by Crippen LogP contribution is -2.58. The van der Waals surface area contributed by atoms with Crippen LogP contribution in [0.25, 0.3) is 10.9 Å². The Kier molecular flexibility index (Phi) is 12.8. The van der Waals surface area contributed by atoms with Crippen molar-refractivity contribution >= 4 is 74.9 Å². The van der Waals surface area contributed by atoms with E-state index in [4.69, 9.17) is 11.5 Å². The van der Waals surface area contributed by atoms with E-state index in [1.807, 2.05) is 42.7 Å². The number of benzene rings is 2. The number of primary amides is 1. The highest BCUT2D eigenvalue weighted by atomic mass is 127. The van der Waals surface area contributed by atoms with Gasteiger partial charge in [-0.15, -0.1) is 0 Å². The van der Waals surface area contributed by atoms with Crippen LogP contribution >= 0.6 is 34.4 Å². The zero-order valence-corrected chi connectivity index (χ0v) is 26.4. The van der Waals surface area contributed by atoms with Crippen molar-refractivity contribution in [2.24, 2.45) is 11.5 Å². The van der Waals surface area contributed by atoms with Gasteiger partial charge in [0.05, 0.1) is 12.5 Å². The minimum Gasteiger partial charge on any atom is -0.481 e. The summed E-state index contributed by atoms with van der Waals surface area (Å²) in [6.45, 7) is 0. The smallest absolute Gasteiger partial charge is 0.305 e. The summed E-state index contributed by atoms with van der Waals surface area (Å²) in [6, 6.07) is 10.1. The number of fused-ring (bicyclic) bond motifs is 1. The number of amides is 4. The van der Waals surface area contributed by atoms with Crippen molar-refractivity contribution in [3.63, 3.8) is 0 Å². The second-order valence-corrected chi connectivity index (χ2v) is 12.2. The molecule has 14 heteroatoms. The van der Waals surface area contributed by atoms with Gasteiger partial charge in [0, 0.05) is 27.1 Å². The number of para-hydroxylation sites is 1. The molecule has 1 heterocycles. The predicted octanol–water partition coefficient (Wildman–Crippen LogP) is 1.05. The van der Waals surface area contributed by atoms with Crippen LogP contribution in [0.2, 0.25) is 0 Å². The number of carbonyl (C=O) groups excluding carboxylic acids is 4. The summed E-state index contributed by atoms with van der Waals surface area (Å²) < 4.78 is 0.917. The average Bonchev–Trinajstić information content (AvgIpc) is 3.36. The first-order valence-electron chi connectivity index (χ1n) is 13.4. The Balaban J connectivity index is 1.70. The van der Waals surface area contributed by atoms with Crippen molar-refractivity contribution < 1.29 is 29.1 Å². The van der Waals surface area contributed by atoms with Gasteiger partial charge in [-0.1, -0.05) is 30.3 Å². The van der Waals surface area contributed by atoms with E-state index in [9.17, 15) is 29.1 Å². The molecule has 3 aromatic rings. The van der Waals surface area contributed by atoms with Gasteiger partial charge in [0.2, 0.25) is 23.6 Å². The van der Waals surface area contributed by atoms with Gasteiger partial charge in [-0.3, -0.25) is 24.0 Å². The fourth-order valence-electron chi connectivity index (χ4n) is 4.46. The minimum atomic E-state index is -1.53. The number of aromatic amines is 1. The number of carboxylic acids is 1. The molecule has 230 valence electrons. The van der Waals surface area contributed by atoms with Crippen LogP contribution in [0, 0.1) is 3.57 Å². The highest BCUT2D eigenvalue weighted by molar-refractivity contribution is 14.1. The summed E-state index contributed by atoms with van der Waals surface area (Å²) in [7, 11) is 0. The van der Waals surface area contributed by atoms with E-state index in [-0.39, 0.29) is 19.3 Å². The molecule has 9 N–H and O–H groups in total. The quantitative estimate of drug-likeness (QED) is 0.106. The molecule has 0 fully saturated rings. The number of H-pyrrole nitrogens is 1. The summed E-state index contributed by atoms with van der Waals surface area (Å²) in [5, 5.41) is 17.9. The molecular formula is C29H35IN6O6S. The molecule has 2 aromatic carbocycles. The van der Waals surface area contributed by atoms with Crippen LogP contribution in [0.4, 0.5) is 0 Å². The Morgan fingerprint density at radius 3 is 2.28 bits per heavy atom. The van der Waals surface area contributed by atoms with E-state index in [1.54, 1.807) is 18.3 Å². The van der Waals surface area contributed by atoms with E-state index in [1.165, 1.54) is 11.8 Å². The van der Waals surface area contributed by atoms with Gasteiger partial charge < -0.3 is 37.5 Å². The molecule has 1 aromatic heterocycles. The second-order valence-electron chi connectivity index (χ2n) is 9.97. The summed E-state index contributed by atoms with van der Waals surface area (Å²) in [6.07, 6.45) is 3.35. The lowest BCUT2D eigenvalue weighted by molar-refractivity contribution is -0.141. The molecule has 0 bridgehead atoms. The van der Waals surface area contributed by atoms with E-state index < -0.39 is 60.2 Å². The van der Waals surface area contributed by atoms with Crippen molar-refractivity contribution in [1.82, 2.24) is 20.9 Å². The molecule has 0 aliphatic rings. The Labute approximate surface area is 266 Å². The highest BCUT2D eigenvalue weighted by Gasteiger charge is 2.31. The fraction of sp³-hybridized carbons (Fsp3) is 0.345. The Bertz CT molecular complexity index is 1470. The van der Waals surface area contributed by atoms with Crippen molar-refractivity contribution in [1.29, 1.82) is 0 Å². The Morgan fingerprint density at radius 1 is 0.930 bits per heavy atom. The molecule has 0 saturated heterocycles. The molecule has 0 unspecified atom stereocenters. The number of nitrogens with two attached hydrogens (primary N) is 2. The zero-order chi connectivity index (χ0) is 31.5. The van der Waals surface area contributed by atoms with E-state index in [0.717, 1.165) is 25.6 Å². The van der Waals surface area contributed by atoms with Gasteiger partial charge in [-0.2, -0.15) is 11.8 Å². The number of aromatic nitrogens is 1. The van der Waals surface area contributed by atoms with Crippen LogP contribution in [-0.4, -0.2) is 75.9 Å². The number of rotatable bonds is 16. The number of halogens is 1. The van der Waals surface area contributed by atoms with E-state index >= 15 is 0 Å². The maximum Gasteiger partial charge on any atom is 0.305 e. The third-order valence-electron chi connectivity index (χ3n) is 6.70. The average molecular weight is 723 g/mol. The maximum absolute atomic E-state index is 13.3. The molecule has 0 aliphatic heterocycles. The number of carbonyl (C=O) groups is 5. The molecular weight excluding hydrogens is 687 g/mol. The number of hydrogen-bond acceptors (Lipinski definition) is 7. The molecule has 0 aliphatic carbocycles. The zero-order valence-electron chi connectivity index (χ0n) is 23.5. The van der Waals surface area contributed by atoms with Crippen LogP contribution in [-0.2, 0) is 36.8 Å². The van der Waals surface area contributed by atoms with Gasteiger partial charge >= 0.3 is 5.97 Å². The van der Waals surface area contributed by atoms with Gasteiger partial charge in [0.15, 0.2) is 0 Å². The number of thioether (sulfide) groups is 1. The monoisotopic (exact) mass is 722 g/mol. The van der Waals surface area contributed by atoms with Gasteiger partial charge in [0.1, 0.15) is 18.1 Å². The lowest BCUT2D eigenvalue weighted by Gasteiger charge is -2.25. The molecule has 12 nitrogen and oxygen atoms in total. The molecule has 43 heavy (non-hydrogen) atoms. The number of nitrogens with one attached hydrogen (secondary N) is 4. The van der Waals surface area contributed by atoms with Crippen molar-refractivity contribution in [2.75, 3.05) is 12.0 Å². The van der Waals surface area contributed by atoms with Crippen LogP contribution in [0.1, 0.15) is 24.0 Å². The number of hydrogen-bond donors (Lipinski definition) is 7. The third-order valence-corrected chi connectivity index (χ3v) is 8.01. The minimum absolute atomic E-state index is 0.0758. The molecule has 0 spiro atoms. The largest absolute Gasteiger partial charge is 0.481 e. The standard InChI is InChI=1S/C29H35IN6O6S/c1-43-10-9-22(34-27(40)20(31)13-17-15-33-21-8-3-2-7-19(17)21)28(41)36-24(14-25(37)38)29(42)35-23(26(32)39)12-16-5-4-6-18(30)11-16/h2-8,11,15,20,22-24,33H,9-10,12-14,31H2,1H3,(H2,32,39)(H,34,40)(H,35,42)(H,36,41)(H,37,38)/t20-,22+,23+,24+/m1/s1. The third kappa shape index (κ3) is 10.2. The molecule has 3 rings (SSSR count). The first-order chi connectivity index (χ1) is 20.5. The molecule has 0 saturated carbocycles. The second kappa shape index (κ2) is 16.3. The van der Waals surface area contributed by atoms with Gasteiger partial charge in [-0.25, -0.2) is 0 Å². The normalized spacial score (nSPS) is 13.8. The van der Waals surface area contributed by atoms with Gasteiger partial charge in [-0.05, 0) is 76.8 Å². The van der Waals surface area contributed by atoms with E-state index in [2.05, 4.69) is 43.5 Å². The number of carboxylic acid groups (broad SMARTS) is 1. The predicted molar refractivity (Wildman–Crippen MR) is 173 cm³/mol. The summed E-state index contributed by atoms with van der Waals surface area (Å²) in [5.41, 5.74) is 14.2. The fourth-order valence-corrected chi connectivity index (χ4v) is 5.54. The summed E-state index contributed by atoms with van der Waals surface area (Å²) in [5.74, 6) is -3.89. The van der Waals surface area contributed by atoms with Crippen LogP contribution < -0.4 is 27.4 Å². The summed E-state index contributed by atoms with van der Waals surface area (Å²) in [4.78, 5) is 66.3. The summed E-state index contributed by atoms with van der Waals surface area (Å²) >= 11 is 3.56. The molecule has 0 radical (unpaired) electrons. The first-order valence-corrected chi connectivity index (χ1v) is 15.9. The Morgan fingerprint density at radius 2 is 1.60 bits per heavy atom. The van der Waals surface area contributed by atoms with Crippen LogP contribution in [0.15, 0.2) is 54.7 Å². The molecule has 4 amide bonds. The highest BCUT2D eigenvalue weighted by Crippen LogP contribution is 2.19. The topological polar surface area (TPSA) is 209 Å². The van der Waals surface area contributed by atoms with Crippen molar-refractivity contribution in [2.45, 2.75) is 49.9 Å². The first kappa shape index (κ1) is 33.9. The Hall–Kier alpha value is -3.63. The van der Waals surface area contributed by atoms with Crippen molar-refractivity contribution in [3.05, 3.63) is 69.4 Å². The van der Waals surface area contributed by atoms with Gasteiger partial charge in [0.25, 0.3) is 0 Å². The molecule has 4 atom stereocenters. The van der Waals surface area contributed by atoms with Crippen LogP contribution in [0.3, 0.4) is 0 Å². The number of aliphatic carboxylic acids is 1. The maximum atomic E-state index is 13.3.